The normalized spacial score (nSPS) is 14.3. The van der Waals surface area contributed by atoms with Crippen molar-refractivity contribution in [1.29, 1.82) is 0 Å². The zero-order valence-corrected chi connectivity index (χ0v) is 14.0. The third-order valence-corrected chi connectivity index (χ3v) is 4.11. The van der Waals surface area contributed by atoms with Crippen LogP contribution in [0, 0.1) is 6.92 Å². The number of nitrogens with zero attached hydrogens (tertiary/aromatic N) is 1. The van der Waals surface area contributed by atoms with Gasteiger partial charge in [0, 0.05) is 24.3 Å². The Bertz CT molecular complexity index is 707. The van der Waals surface area contributed by atoms with Crippen molar-refractivity contribution in [2.75, 3.05) is 43.6 Å². The molecule has 126 valence electrons. The number of methoxy groups -OCH3 is 1. The molecule has 0 unspecified atom stereocenters. The largest absolute Gasteiger partial charge is 0.495 e. The van der Waals surface area contributed by atoms with E-state index in [4.69, 9.17) is 9.47 Å². The number of hydrogen-bond donors (Lipinski definition) is 1. The van der Waals surface area contributed by atoms with Crippen LogP contribution in [0.5, 0.6) is 5.75 Å². The number of nitrogens with one attached hydrogen (secondary N) is 1. The van der Waals surface area contributed by atoms with Gasteiger partial charge in [-0.2, -0.15) is 0 Å². The lowest BCUT2D eigenvalue weighted by Crippen LogP contribution is -2.36. The Balaban J connectivity index is 1.72. The van der Waals surface area contributed by atoms with Crippen LogP contribution in [-0.2, 0) is 4.74 Å². The standard InChI is InChI=1S/C19H22N2O3/c1-14-3-8-18(23-2)17(13-14)20-19(22)15-4-6-16(7-5-15)21-9-11-24-12-10-21/h3-8,13H,9-12H2,1-2H3,(H,20,22). The highest BCUT2D eigenvalue weighted by atomic mass is 16.5. The number of aryl methyl sites for hydroxylation is 1. The van der Waals surface area contributed by atoms with E-state index >= 15 is 0 Å². The summed E-state index contributed by atoms with van der Waals surface area (Å²) in [6.45, 7) is 5.23. The van der Waals surface area contributed by atoms with Gasteiger partial charge in [0.2, 0.25) is 0 Å². The Morgan fingerprint density at radius 1 is 1.12 bits per heavy atom. The van der Waals surface area contributed by atoms with E-state index in [0.717, 1.165) is 37.6 Å². The lowest BCUT2D eigenvalue weighted by Gasteiger charge is -2.28. The number of carbonyl (C=O) groups is 1. The number of anilines is 2. The number of rotatable bonds is 4. The van der Waals surface area contributed by atoms with Gasteiger partial charge in [-0.1, -0.05) is 6.07 Å². The van der Waals surface area contributed by atoms with Crippen LogP contribution in [0.4, 0.5) is 11.4 Å². The third-order valence-electron chi connectivity index (χ3n) is 4.11. The lowest BCUT2D eigenvalue weighted by molar-refractivity contribution is 0.102. The van der Waals surface area contributed by atoms with Gasteiger partial charge in [-0.3, -0.25) is 4.79 Å². The second-order valence-electron chi connectivity index (χ2n) is 5.80. The highest BCUT2D eigenvalue weighted by molar-refractivity contribution is 6.05. The van der Waals surface area contributed by atoms with Gasteiger partial charge in [0.05, 0.1) is 26.0 Å². The van der Waals surface area contributed by atoms with E-state index in [-0.39, 0.29) is 5.91 Å². The first kappa shape index (κ1) is 16.3. The van der Waals surface area contributed by atoms with Gasteiger partial charge in [-0.15, -0.1) is 0 Å². The SMILES string of the molecule is COc1ccc(C)cc1NC(=O)c1ccc(N2CCOCC2)cc1. The van der Waals surface area contributed by atoms with Gasteiger partial charge < -0.3 is 19.7 Å². The van der Waals surface area contributed by atoms with Crippen molar-refractivity contribution in [3.05, 3.63) is 53.6 Å². The fraction of sp³-hybridized carbons (Fsp3) is 0.316. The number of carbonyl (C=O) groups excluding carboxylic acids is 1. The Morgan fingerprint density at radius 3 is 2.50 bits per heavy atom. The van der Waals surface area contributed by atoms with Crippen LogP contribution in [0.1, 0.15) is 15.9 Å². The molecule has 0 aromatic heterocycles. The maximum atomic E-state index is 12.5. The van der Waals surface area contributed by atoms with Crippen LogP contribution in [0.15, 0.2) is 42.5 Å². The minimum atomic E-state index is -0.146. The molecule has 1 aliphatic heterocycles. The van der Waals surface area contributed by atoms with Crippen molar-refractivity contribution in [3.63, 3.8) is 0 Å². The van der Waals surface area contributed by atoms with Crippen molar-refractivity contribution >= 4 is 17.3 Å². The van der Waals surface area contributed by atoms with E-state index in [0.29, 0.717) is 17.0 Å². The molecule has 5 heteroatoms. The summed E-state index contributed by atoms with van der Waals surface area (Å²) < 4.78 is 10.7. The maximum Gasteiger partial charge on any atom is 0.255 e. The zero-order valence-electron chi connectivity index (χ0n) is 14.0. The van der Waals surface area contributed by atoms with Crippen molar-refractivity contribution in [2.24, 2.45) is 0 Å². The van der Waals surface area contributed by atoms with E-state index in [1.54, 1.807) is 7.11 Å². The number of amides is 1. The Kier molecular flexibility index (Phi) is 5.01. The average Bonchev–Trinajstić information content (AvgIpc) is 2.63. The average molecular weight is 326 g/mol. The molecular formula is C19H22N2O3. The predicted molar refractivity (Wildman–Crippen MR) is 95.2 cm³/mol. The van der Waals surface area contributed by atoms with E-state index in [1.165, 1.54) is 0 Å². The zero-order chi connectivity index (χ0) is 16.9. The van der Waals surface area contributed by atoms with E-state index in [2.05, 4.69) is 10.2 Å². The second kappa shape index (κ2) is 7.36. The third kappa shape index (κ3) is 3.68. The summed E-state index contributed by atoms with van der Waals surface area (Å²) in [4.78, 5) is 14.7. The van der Waals surface area contributed by atoms with Crippen LogP contribution >= 0.6 is 0 Å². The lowest BCUT2D eigenvalue weighted by atomic mass is 10.1. The van der Waals surface area contributed by atoms with Gasteiger partial charge in [0.1, 0.15) is 5.75 Å². The fourth-order valence-corrected chi connectivity index (χ4v) is 2.76. The highest BCUT2D eigenvalue weighted by Gasteiger charge is 2.13. The van der Waals surface area contributed by atoms with Crippen molar-refractivity contribution in [2.45, 2.75) is 6.92 Å². The molecule has 1 saturated heterocycles. The van der Waals surface area contributed by atoms with Gasteiger partial charge in [0.15, 0.2) is 0 Å². The van der Waals surface area contributed by atoms with E-state index in [1.807, 2.05) is 49.4 Å². The summed E-state index contributed by atoms with van der Waals surface area (Å²) in [7, 11) is 1.59. The molecule has 1 N–H and O–H groups in total. The Morgan fingerprint density at radius 2 is 1.83 bits per heavy atom. The molecule has 0 spiro atoms. The fourth-order valence-electron chi connectivity index (χ4n) is 2.76. The molecular weight excluding hydrogens is 304 g/mol. The highest BCUT2D eigenvalue weighted by Crippen LogP contribution is 2.26. The summed E-state index contributed by atoms with van der Waals surface area (Å²) in [5.74, 6) is 0.506. The molecule has 24 heavy (non-hydrogen) atoms. The van der Waals surface area contributed by atoms with Gasteiger partial charge in [-0.25, -0.2) is 0 Å². The second-order valence-corrected chi connectivity index (χ2v) is 5.80. The number of ether oxygens (including phenoxy) is 2. The molecule has 0 atom stereocenters. The molecule has 0 saturated carbocycles. The first-order valence-electron chi connectivity index (χ1n) is 8.06. The Labute approximate surface area is 142 Å². The molecule has 1 fully saturated rings. The molecule has 1 amide bonds. The molecule has 3 rings (SSSR count). The van der Waals surface area contributed by atoms with Crippen molar-refractivity contribution in [3.8, 4) is 5.75 Å². The number of benzene rings is 2. The molecule has 0 bridgehead atoms. The quantitative estimate of drug-likeness (QED) is 0.938. The van der Waals surface area contributed by atoms with Crippen LogP contribution in [0.2, 0.25) is 0 Å². The predicted octanol–water partition coefficient (Wildman–Crippen LogP) is 3.09. The first-order valence-corrected chi connectivity index (χ1v) is 8.06. The van der Waals surface area contributed by atoms with Gasteiger partial charge in [-0.05, 0) is 48.9 Å². The van der Waals surface area contributed by atoms with Crippen molar-refractivity contribution < 1.29 is 14.3 Å². The van der Waals surface area contributed by atoms with Gasteiger partial charge >= 0.3 is 0 Å². The summed E-state index contributed by atoms with van der Waals surface area (Å²) >= 11 is 0. The molecule has 2 aromatic carbocycles. The topological polar surface area (TPSA) is 50.8 Å². The summed E-state index contributed by atoms with van der Waals surface area (Å²) in [6.07, 6.45) is 0. The minimum absolute atomic E-state index is 0.146. The summed E-state index contributed by atoms with van der Waals surface area (Å²) in [5, 5.41) is 2.92. The van der Waals surface area contributed by atoms with Crippen LogP contribution in [0.3, 0.4) is 0 Å². The molecule has 2 aromatic rings. The molecule has 1 aliphatic rings. The number of hydrogen-bond acceptors (Lipinski definition) is 4. The maximum absolute atomic E-state index is 12.5. The number of morpholine rings is 1. The van der Waals surface area contributed by atoms with E-state index in [9.17, 15) is 4.79 Å². The molecule has 0 aliphatic carbocycles. The monoisotopic (exact) mass is 326 g/mol. The Hall–Kier alpha value is -2.53. The summed E-state index contributed by atoms with van der Waals surface area (Å²) in [6, 6.07) is 13.4. The van der Waals surface area contributed by atoms with Crippen LogP contribution in [-0.4, -0.2) is 39.3 Å². The smallest absolute Gasteiger partial charge is 0.255 e. The molecule has 5 nitrogen and oxygen atoms in total. The molecule has 0 radical (unpaired) electrons. The first-order chi connectivity index (χ1) is 11.7. The van der Waals surface area contributed by atoms with Gasteiger partial charge in [0.25, 0.3) is 5.91 Å². The minimum Gasteiger partial charge on any atom is -0.495 e. The molecule has 1 heterocycles. The summed E-state index contributed by atoms with van der Waals surface area (Å²) in [5.41, 5.74) is 3.48. The van der Waals surface area contributed by atoms with Crippen LogP contribution in [0.25, 0.3) is 0 Å². The van der Waals surface area contributed by atoms with E-state index < -0.39 is 0 Å². The van der Waals surface area contributed by atoms with Crippen molar-refractivity contribution in [1.82, 2.24) is 0 Å². The van der Waals surface area contributed by atoms with Crippen LogP contribution < -0.4 is 15.0 Å².